The highest BCUT2D eigenvalue weighted by molar-refractivity contribution is 7.19. The molecule has 6 nitrogen and oxygen atoms in total. The smallest absolute Gasteiger partial charge is 0.305 e. The third kappa shape index (κ3) is 3.03. The Morgan fingerprint density at radius 1 is 1.29 bits per heavy atom. The molecule has 0 saturated heterocycles. The molecule has 0 saturated carbocycles. The van der Waals surface area contributed by atoms with E-state index >= 15 is 0 Å². The second-order valence-corrected chi connectivity index (χ2v) is 6.51. The van der Waals surface area contributed by atoms with E-state index in [9.17, 15) is 9.59 Å². The maximum absolute atomic E-state index is 12.5. The second-order valence-electron chi connectivity index (χ2n) is 5.53. The van der Waals surface area contributed by atoms with Gasteiger partial charge in [0.05, 0.1) is 12.1 Å². The van der Waals surface area contributed by atoms with Gasteiger partial charge < -0.3 is 10.0 Å². The zero-order valence-corrected chi connectivity index (χ0v) is 14.2. The van der Waals surface area contributed by atoms with Crippen molar-refractivity contribution in [1.82, 2.24) is 14.3 Å². The van der Waals surface area contributed by atoms with Gasteiger partial charge in [-0.05, 0) is 6.92 Å². The maximum Gasteiger partial charge on any atom is 0.305 e. The van der Waals surface area contributed by atoms with Gasteiger partial charge in [-0.3, -0.25) is 14.0 Å². The molecule has 2 aromatic heterocycles. The fourth-order valence-electron chi connectivity index (χ4n) is 2.43. The van der Waals surface area contributed by atoms with Crippen LogP contribution in [0.5, 0.6) is 0 Å². The van der Waals surface area contributed by atoms with Crippen molar-refractivity contribution in [3.05, 3.63) is 47.1 Å². The standard InChI is InChI=1S/C17H17N3O3S/c1-11-15(16(23)19(2)9-8-14(21)22)24-17-18-13(10-20(11)17)12-6-4-3-5-7-12/h3-7,10H,8-9H2,1-2H3,(H,21,22). The number of carbonyl (C=O) groups excluding carboxylic acids is 1. The lowest BCUT2D eigenvalue weighted by Crippen LogP contribution is -2.29. The monoisotopic (exact) mass is 343 g/mol. The first-order chi connectivity index (χ1) is 11.5. The minimum absolute atomic E-state index is 0.0675. The van der Waals surface area contributed by atoms with Crippen LogP contribution in [0.25, 0.3) is 16.2 Å². The van der Waals surface area contributed by atoms with Crippen molar-refractivity contribution in [2.24, 2.45) is 0 Å². The number of fused-ring (bicyclic) bond motifs is 1. The van der Waals surface area contributed by atoms with Gasteiger partial charge in [0.2, 0.25) is 0 Å². The lowest BCUT2D eigenvalue weighted by molar-refractivity contribution is -0.137. The number of nitrogens with zero attached hydrogens (tertiary/aromatic N) is 3. The van der Waals surface area contributed by atoms with Gasteiger partial charge in [0.15, 0.2) is 4.96 Å². The molecule has 0 bridgehead atoms. The molecule has 3 aromatic rings. The molecule has 1 amide bonds. The Labute approximate surface area is 143 Å². The molecule has 0 radical (unpaired) electrons. The quantitative estimate of drug-likeness (QED) is 0.773. The SMILES string of the molecule is Cc1c(C(=O)N(C)CCC(=O)O)sc2nc(-c3ccccc3)cn12. The molecule has 1 aromatic carbocycles. The first-order valence-corrected chi connectivity index (χ1v) is 8.30. The number of aryl methyl sites for hydroxylation is 1. The Kier molecular flexibility index (Phi) is 4.35. The zero-order chi connectivity index (χ0) is 17.3. The number of benzene rings is 1. The number of amides is 1. The Balaban J connectivity index is 1.88. The lowest BCUT2D eigenvalue weighted by Gasteiger charge is -2.15. The van der Waals surface area contributed by atoms with E-state index in [1.54, 1.807) is 7.05 Å². The summed E-state index contributed by atoms with van der Waals surface area (Å²) >= 11 is 1.32. The predicted molar refractivity (Wildman–Crippen MR) is 92.5 cm³/mol. The Morgan fingerprint density at radius 3 is 2.62 bits per heavy atom. The van der Waals surface area contributed by atoms with Crippen LogP contribution in [0.2, 0.25) is 0 Å². The van der Waals surface area contributed by atoms with Crippen LogP contribution in [-0.2, 0) is 4.79 Å². The summed E-state index contributed by atoms with van der Waals surface area (Å²) in [5.74, 6) is -1.09. The number of thiazole rings is 1. The number of carbonyl (C=O) groups is 2. The normalized spacial score (nSPS) is 10.9. The summed E-state index contributed by atoms with van der Waals surface area (Å²) in [6.45, 7) is 2.06. The number of imidazole rings is 1. The largest absolute Gasteiger partial charge is 0.481 e. The molecule has 0 aliphatic rings. The first kappa shape index (κ1) is 16.2. The van der Waals surface area contributed by atoms with E-state index in [2.05, 4.69) is 4.98 Å². The molecule has 24 heavy (non-hydrogen) atoms. The molecule has 2 heterocycles. The first-order valence-electron chi connectivity index (χ1n) is 7.48. The van der Waals surface area contributed by atoms with Crippen LogP contribution in [0, 0.1) is 6.92 Å². The third-order valence-corrected chi connectivity index (χ3v) is 4.97. The van der Waals surface area contributed by atoms with Gasteiger partial charge in [-0.2, -0.15) is 0 Å². The highest BCUT2D eigenvalue weighted by atomic mass is 32.1. The third-order valence-electron chi connectivity index (χ3n) is 3.83. The second kappa shape index (κ2) is 6.45. The van der Waals surface area contributed by atoms with Crippen molar-refractivity contribution < 1.29 is 14.7 Å². The molecule has 0 aliphatic carbocycles. The van der Waals surface area contributed by atoms with Gasteiger partial charge in [-0.25, -0.2) is 4.98 Å². The van der Waals surface area contributed by atoms with Gasteiger partial charge in [0, 0.05) is 31.0 Å². The van der Waals surface area contributed by atoms with Crippen LogP contribution in [0.3, 0.4) is 0 Å². The van der Waals surface area contributed by atoms with Crippen LogP contribution in [0.4, 0.5) is 0 Å². The summed E-state index contributed by atoms with van der Waals surface area (Å²) in [5, 5.41) is 8.74. The van der Waals surface area contributed by atoms with Crippen molar-refractivity contribution in [3.8, 4) is 11.3 Å². The molecule has 7 heteroatoms. The number of aliphatic carboxylic acids is 1. The van der Waals surface area contributed by atoms with E-state index in [1.807, 2.05) is 47.9 Å². The van der Waals surface area contributed by atoms with Gasteiger partial charge in [0.1, 0.15) is 4.88 Å². The molecular weight excluding hydrogens is 326 g/mol. The molecule has 1 N–H and O–H groups in total. The average molecular weight is 343 g/mol. The molecule has 0 atom stereocenters. The average Bonchev–Trinajstić information content (AvgIpc) is 3.12. The summed E-state index contributed by atoms with van der Waals surface area (Å²) in [7, 11) is 1.61. The fraction of sp³-hybridized carbons (Fsp3) is 0.235. The molecule has 0 aliphatic heterocycles. The van der Waals surface area contributed by atoms with Crippen molar-refractivity contribution in [2.75, 3.05) is 13.6 Å². The molecule has 124 valence electrons. The number of hydrogen-bond acceptors (Lipinski definition) is 4. The topological polar surface area (TPSA) is 74.9 Å². The van der Waals surface area contributed by atoms with Crippen LogP contribution in [0.15, 0.2) is 36.5 Å². The summed E-state index contributed by atoms with van der Waals surface area (Å²) in [6.07, 6.45) is 1.85. The van der Waals surface area contributed by atoms with Crippen molar-refractivity contribution in [3.63, 3.8) is 0 Å². The van der Waals surface area contributed by atoms with Gasteiger partial charge in [0.25, 0.3) is 5.91 Å². The Bertz CT molecular complexity index is 899. The van der Waals surface area contributed by atoms with E-state index in [1.165, 1.54) is 16.2 Å². The number of hydrogen-bond donors (Lipinski definition) is 1. The highest BCUT2D eigenvalue weighted by Crippen LogP contribution is 2.27. The summed E-state index contributed by atoms with van der Waals surface area (Å²) < 4.78 is 1.91. The minimum Gasteiger partial charge on any atom is -0.481 e. The zero-order valence-electron chi connectivity index (χ0n) is 13.4. The van der Waals surface area contributed by atoms with Crippen LogP contribution >= 0.6 is 11.3 Å². The number of carboxylic acids is 1. The number of aromatic nitrogens is 2. The van der Waals surface area contributed by atoms with Crippen molar-refractivity contribution >= 4 is 28.2 Å². The fourth-order valence-corrected chi connectivity index (χ4v) is 3.54. The van der Waals surface area contributed by atoms with Crippen LogP contribution < -0.4 is 0 Å². The van der Waals surface area contributed by atoms with Crippen LogP contribution in [-0.4, -0.2) is 44.9 Å². The minimum atomic E-state index is -0.917. The van der Waals surface area contributed by atoms with Gasteiger partial charge in [-0.15, -0.1) is 0 Å². The summed E-state index contributed by atoms with van der Waals surface area (Å²) in [6, 6.07) is 9.86. The predicted octanol–water partition coefficient (Wildman–Crippen LogP) is 2.92. The molecule has 0 spiro atoms. The number of carboxylic acid groups (broad SMARTS) is 1. The van der Waals surface area contributed by atoms with Crippen molar-refractivity contribution in [2.45, 2.75) is 13.3 Å². The van der Waals surface area contributed by atoms with E-state index < -0.39 is 5.97 Å². The van der Waals surface area contributed by atoms with E-state index in [0.29, 0.717) is 4.88 Å². The molecule has 0 fully saturated rings. The summed E-state index contributed by atoms with van der Waals surface area (Å²) in [4.78, 5) is 30.5. The molecule has 3 rings (SSSR count). The highest BCUT2D eigenvalue weighted by Gasteiger charge is 2.21. The van der Waals surface area contributed by atoms with Gasteiger partial charge in [-0.1, -0.05) is 41.7 Å². The number of rotatable bonds is 5. The van der Waals surface area contributed by atoms with Crippen molar-refractivity contribution in [1.29, 1.82) is 0 Å². The van der Waals surface area contributed by atoms with E-state index in [-0.39, 0.29) is 18.9 Å². The molecular formula is C17H17N3O3S. The van der Waals surface area contributed by atoms with E-state index in [0.717, 1.165) is 21.9 Å². The molecule has 0 unspecified atom stereocenters. The van der Waals surface area contributed by atoms with Crippen LogP contribution in [0.1, 0.15) is 21.8 Å². The maximum atomic E-state index is 12.5. The Hall–Kier alpha value is -2.67. The van der Waals surface area contributed by atoms with Gasteiger partial charge >= 0.3 is 5.97 Å². The lowest BCUT2D eigenvalue weighted by atomic mass is 10.2. The van der Waals surface area contributed by atoms with E-state index in [4.69, 9.17) is 5.11 Å². The Morgan fingerprint density at radius 2 is 2.00 bits per heavy atom. The summed E-state index contributed by atoms with van der Waals surface area (Å²) in [5.41, 5.74) is 2.71.